The molecule has 0 spiro atoms. The number of nitrogens with two attached hydrogens (primary N) is 1. The van der Waals surface area contributed by atoms with Crippen LogP contribution in [-0.2, 0) is 0 Å². The van der Waals surface area contributed by atoms with Gasteiger partial charge in [0.1, 0.15) is 6.33 Å². The van der Waals surface area contributed by atoms with Crippen molar-refractivity contribution < 1.29 is 4.79 Å². The van der Waals surface area contributed by atoms with Gasteiger partial charge in [-0.25, -0.2) is 15.8 Å². The highest BCUT2D eigenvalue weighted by Gasteiger charge is 2.08. The predicted molar refractivity (Wildman–Crippen MR) is 49.1 cm³/mol. The van der Waals surface area contributed by atoms with Gasteiger partial charge in [-0.2, -0.15) is 0 Å². The van der Waals surface area contributed by atoms with Crippen LogP contribution in [0.3, 0.4) is 0 Å². The quantitative estimate of drug-likeness (QED) is 0.388. The number of nitrogen functional groups attached to an aromatic ring is 1. The Kier molecular flexibility index (Phi) is 1.91. The van der Waals surface area contributed by atoms with Crippen LogP contribution in [0.2, 0.25) is 0 Å². The third kappa shape index (κ3) is 1.36. The van der Waals surface area contributed by atoms with Crippen molar-refractivity contribution in [2.24, 2.45) is 5.84 Å². The first-order chi connectivity index (χ1) is 6.31. The molecule has 0 aliphatic rings. The van der Waals surface area contributed by atoms with Gasteiger partial charge in [0.15, 0.2) is 0 Å². The molecule has 3 N–H and O–H groups in total. The van der Waals surface area contributed by atoms with Crippen LogP contribution in [0.15, 0.2) is 18.6 Å². The first-order valence-corrected chi connectivity index (χ1v) is 4.33. The lowest BCUT2D eigenvalue weighted by atomic mass is 10.4. The summed E-state index contributed by atoms with van der Waals surface area (Å²) in [5.41, 5.74) is 2.83. The minimum Gasteiger partial charge on any atom is -0.289 e. The topological polar surface area (TPSA) is 80.9 Å². The molecule has 0 fully saturated rings. The molecule has 0 bridgehead atoms. The fourth-order valence-electron chi connectivity index (χ4n) is 0.968. The van der Waals surface area contributed by atoms with Gasteiger partial charge in [-0.15, -0.1) is 11.3 Å². The summed E-state index contributed by atoms with van der Waals surface area (Å²) >= 11 is 1.31. The Hall–Kier alpha value is -1.53. The predicted octanol–water partition coefficient (Wildman–Crippen LogP) is 0.295. The largest absolute Gasteiger partial charge is 0.289 e. The molecule has 0 aliphatic heterocycles. The standard InChI is InChI=1S/C7H6N4OS/c8-11-7(12)5-1-4-6(13-5)2-9-3-10-4/h1-3H,8H2,(H,11,12). The van der Waals surface area contributed by atoms with E-state index in [0.717, 1.165) is 10.2 Å². The van der Waals surface area contributed by atoms with E-state index in [-0.39, 0.29) is 5.91 Å². The summed E-state index contributed by atoms with van der Waals surface area (Å²) in [5, 5.41) is 0. The van der Waals surface area contributed by atoms with Gasteiger partial charge < -0.3 is 0 Å². The second-order valence-electron chi connectivity index (χ2n) is 2.36. The summed E-state index contributed by atoms with van der Waals surface area (Å²) in [6, 6.07) is 1.68. The molecule has 2 aromatic heterocycles. The van der Waals surface area contributed by atoms with E-state index >= 15 is 0 Å². The number of carbonyl (C=O) groups is 1. The van der Waals surface area contributed by atoms with Gasteiger partial charge in [0, 0.05) is 6.20 Å². The van der Waals surface area contributed by atoms with E-state index in [1.807, 2.05) is 0 Å². The average Bonchev–Trinajstić information content (AvgIpc) is 2.59. The van der Waals surface area contributed by atoms with Crippen LogP contribution in [0.4, 0.5) is 0 Å². The number of aromatic nitrogens is 2. The maximum atomic E-state index is 11.1. The molecule has 5 nitrogen and oxygen atoms in total. The number of nitrogens with one attached hydrogen (secondary N) is 1. The summed E-state index contributed by atoms with van der Waals surface area (Å²) in [4.78, 5) is 19.5. The van der Waals surface area contributed by atoms with Crippen molar-refractivity contribution in [3.05, 3.63) is 23.5 Å². The maximum absolute atomic E-state index is 11.1. The van der Waals surface area contributed by atoms with Crippen LogP contribution in [0.1, 0.15) is 9.67 Å². The normalized spacial score (nSPS) is 10.2. The Balaban J connectivity index is 2.56. The number of carbonyl (C=O) groups excluding carboxylic acids is 1. The zero-order valence-electron chi connectivity index (χ0n) is 6.52. The molecule has 1 amide bonds. The number of rotatable bonds is 1. The lowest BCUT2D eigenvalue weighted by Gasteiger charge is -1.90. The first-order valence-electron chi connectivity index (χ1n) is 3.52. The van der Waals surface area contributed by atoms with Crippen LogP contribution >= 0.6 is 11.3 Å². The SMILES string of the molecule is NNC(=O)c1cc2ncncc2s1. The second-order valence-corrected chi connectivity index (χ2v) is 3.44. The van der Waals surface area contributed by atoms with Crippen LogP contribution in [-0.4, -0.2) is 15.9 Å². The van der Waals surface area contributed by atoms with Gasteiger partial charge in [-0.3, -0.25) is 10.2 Å². The smallest absolute Gasteiger partial charge is 0.275 e. The zero-order valence-corrected chi connectivity index (χ0v) is 7.34. The van der Waals surface area contributed by atoms with Crippen LogP contribution in [0.25, 0.3) is 10.2 Å². The highest BCUT2D eigenvalue weighted by atomic mass is 32.1. The molecule has 0 radical (unpaired) electrons. The third-order valence-corrected chi connectivity index (χ3v) is 2.61. The molecule has 0 aromatic carbocycles. The van der Waals surface area contributed by atoms with E-state index in [9.17, 15) is 4.79 Å². The third-order valence-electron chi connectivity index (χ3n) is 1.55. The number of hydrogen-bond acceptors (Lipinski definition) is 5. The summed E-state index contributed by atoms with van der Waals surface area (Å²) in [6.45, 7) is 0. The van der Waals surface area contributed by atoms with Crippen molar-refractivity contribution >= 4 is 27.5 Å². The van der Waals surface area contributed by atoms with Crippen molar-refractivity contribution in [3.63, 3.8) is 0 Å². The van der Waals surface area contributed by atoms with Crippen LogP contribution in [0, 0.1) is 0 Å². The highest BCUT2D eigenvalue weighted by molar-refractivity contribution is 7.20. The number of fused-ring (bicyclic) bond motifs is 1. The Morgan fingerprint density at radius 1 is 1.62 bits per heavy atom. The minimum atomic E-state index is -0.303. The summed E-state index contributed by atoms with van der Waals surface area (Å²) < 4.78 is 0.876. The van der Waals surface area contributed by atoms with Crippen molar-refractivity contribution in [1.29, 1.82) is 0 Å². The van der Waals surface area contributed by atoms with E-state index in [1.165, 1.54) is 17.7 Å². The molecule has 13 heavy (non-hydrogen) atoms. The molecule has 0 unspecified atom stereocenters. The van der Waals surface area contributed by atoms with Gasteiger partial charge in [-0.1, -0.05) is 0 Å². The van der Waals surface area contributed by atoms with Gasteiger partial charge in [0.05, 0.1) is 15.1 Å². The molecular formula is C7H6N4OS. The Labute approximate surface area is 77.6 Å². The molecule has 2 aromatic rings. The van der Waals surface area contributed by atoms with E-state index < -0.39 is 0 Å². The fourth-order valence-corrected chi connectivity index (χ4v) is 1.86. The number of amides is 1. The molecule has 2 heterocycles. The monoisotopic (exact) mass is 194 g/mol. The Bertz CT molecular complexity index is 419. The van der Waals surface area contributed by atoms with Crippen molar-refractivity contribution in [2.75, 3.05) is 0 Å². The van der Waals surface area contributed by atoms with Gasteiger partial charge in [-0.05, 0) is 6.07 Å². The zero-order chi connectivity index (χ0) is 9.26. The number of nitrogens with zero attached hydrogens (tertiary/aromatic N) is 2. The van der Waals surface area contributed by atoms with E-state index in [1.54, 1.807) is 12.3 Å². The maximum Gasteiger partial charge on any atom is 0.275 e. The highest BCUT2D eigenvalue weighted by Crippen LogP contribution is 2.22. The first kappa shape index (κ1) is 8.09. The molecule has 2 rings (SSSR count). The average molecular weight is 194 g/mol. The molecule has 0 atom stereocenters. The van der Waals surface area contributed by atoms with Gasteiger partial charge in [0.25, 0.3) is 5.91 Å². The van der Waals surface area contributed by atoms with Crippen molar-refractivity contribution in [1.82, 2.24) is 15.4 Å². The number of thiophene rings is 1. The molecule has 0 aliphatic carbocycles. The molecule has 6 heteroatoms. The lowest BCUT2D eigenvalue weighted by molar-refractivity contribution is 0.0958. The minimum absolute atomic E-state index is 0.303. The molecule has 0 saturated heterocycles. The van der Waals surface area contributed by atoms with Gasteiger partial charge >= 0.3 is 0 Å². The molecule has 0 saturated carbocycles. The Morgan fingerprint density at radius 2 is 2.46 bits per heavy atom. The summed E-state index contributed by atoms with van der Waals surface area (Å²) in [6.07, 6.45) is 3.11. The molecule has 66 valence electrons. The Morgan fingerprint density at radius 3 is 3.15 bits per heavy atom. The van der Waals surface area contributed by atoms with E-state index in [2.05, 4.69) is 15.4 Å². The number of hydrogen-bond donors (Lipinski definition) is 2. The summed E-state index contributed by atoms with van der Waals surface area (Å²) in [5.74, 6) is 4.69. The second kappa shape index (κ2) is 3.08. The summed E-state index contributed by atoms with van der Waals surface area (Å²) in [7, 11) is 0. The van der Waals surface area contributed by atoms with Gasteiger partial charge in [0.2, 0.25) is 0 Å². The van der Waals surface area contributed by atoms with Crippen LogP contribution < -0.4 is 11.3 Å². The van der Waals surface area contributed by atoms with Crippen LogP contribution in [0.5, 0.6) is 0 Å². The van der Waals surface area contributed by atoms with E-state index in [4.69, 9.17) is 5.84 Å². The van der Waals surface area contributed by atoms with E-state index in [0.29, 0.717) is 4.88 Å². The number of hydrazine groups is 1. The fraction of sp³-hybridized carbons (Fsp3) is 0. The van der Waals surface area contributed by atoms with Crippen molar-refractivity contribution in [3.8, 4) is 0 Å². The van der Waals surface area contributed by atoms with Crippen molar-refractivity contribution in [2.45, 2.75) is 0 Å². The molecular weight excluding hydrogens is 188 g/mol. The lowest BCUT2D eigenvalue weighted by Crippen LogP contribution is -2.29.